The summed E-state index contributed by atoms with van der Waals surface area (Å²) in [5.41, 5.74) is 5.30. The molecule has 0 unspecified atom stereocenters. The third-order valence-corrected chi connectivity index (χ3v) is 5.47. The van der Waals surface area contributed by atoms with E-state index >= 15 is 0 Å². The number of pyridine rings is 1. The summed E-state index contributed by atoms with van der Waals surface area (Å²) in [6.07, 6.45) is 1.61. The second-order valence-corrected chi connectivity index (χ2v) is 8.26. The lowest BCUT2D eigenvalue weighted by Gasteiger charge is -2.11. The third-order valence-electron chi connectivity index (χ3n) is 5.47. The van der Waals surface area contributed by atoms with Gasteiger partial charge in [0.1, 0.15) is 0 Å². The molecule has 0 radical (unpaired) electrons. The highest BCUT2D eigenvalue weighted by Crippen LogP contribution is 2.27. The Morgan fingerprint density at radius 1 is 1.03 bits per heavy atom. The summed E-state index contributed by atoms with van der Waals surface area (Å²) in [5, 5.41) is 7.76. The van der Waals surface area contributed by atoms with Crippen molar-refractivity contribution in [1.82, 2.24) is 14.8 Å². The number of nitrogens with zero attached hydrogens (tertiary/aromatic N) is 3. The Labute approximate surface area is 192 Å². The Kier molecular flexibility index (Phi) is 6.22. The summed E-state index contributed by atoms with van der Waals surface area (Å²) in [4.78, 5) is 30.1. The molecule has 2 aromatic heterocycles. The van der Waals surface area contributed by atoms with E-state index in [1.165, 1.54) is 0 Å². The Hall–Kier alpha value is -4.00. The van der Waals surface area contributed by atoms with Gasteiger partial charge < -0.3 is 10.1 Å². The second kappa shape index (κ2) is 9.24. The van der Waals surface area contributed by atoms with Crippen LogP contribution in [0, 0.1) is 13.8 Å². The van der Waals surface area contributed by atoms with Crippen molar-refractivity contribution in [3.8, 4) is 11.3 Å². The molecule has 0 bridgehead atoms. The summed E-state index contributed by atoms with van der Waals surface area (Å²) < 4.78 is 7.14. The number of rotatable bonds is 6. The van der Waals surface area contributed by atoms with Crippen LogP contribution in [-0.2, 0) is 9.53 Å². The van der Waals surface area contributed by atoms with Crippen LogP contribution in [0.1, 0.15) is 41.4 Å². The Bertz CT molecular complexity index is 1330. The first-order valence-corrected chi connectivity index (χ1v) is 10.8. The summed E-state index contributed by atoms with van der Waals surface area (Å²) in [7, 11) is 0. The first kappa shape index (κ1) is 22.2. The predicted octanol–water partition coefficient (Wildman–Crippen LogP) is 5.09. The van der Waals surface area contributed by atoms with Crippen molar-refractivity contribution in [3.63, 3.8) is 0 Å². The SMILES string of the molecule is Cc1ccc(NC(=O)COC(=O)c2cc(-c3ccccc3)nc3c2cnn3C(C)C)cc1C. The van der Waals surface area contributed by atoms with Gasteiger partial charge in [0.2, 0.25) is 0 Å². The number of fused-ring (bicyclic) bond motifs is 1. The molecule has 0 saturated carbocycles. The highest BCUT2D eigenvalue weighted by Gasteiger charge is 2.20. The third kappa shape index (κ3) is 4.77. The van der Waals surface area contributed by atoms with Gasteiger partial charge in [-0.3, -0.25) is 4.79 Å². The van der Waals surface area contributed by atoms with Gasteiger partial charge in [-0.1, -0.05) is 36.4 Å². The molecule has 0 aliphatic carbocycles. The maximum Gasteiger partial charge on any atom is 0.339 e. The van der Waals surface area contributed by atoms with Crippen molar-refractivity contribution in [2.75, 3.05) is 11.9 Å². The molecular formula is C26H26N4O3. The molecule has 1 amide bonds. The lowest BCUT2D eigenvalue weighted by molar-refractivity contribution is -0.119. The molecule has 4 rings (SSSR count). The number of esters is 1. The summed E-state index contributed by atoms with van der Waals surface area (Å²) >= 11 is 0. The van der Waals surface area contributed by atoms with Gasteiger partial charge in [0.25, 0.3) is 5.91 Å². The molecule has 0 aliphatic rings. The zero-order valence-electron chi connectivity index (χ0n) is 19.1. The van der Waals surface area contributed by atoms with Crippen molar-refractivity contribution >= 4 is 28.6 Å². The fraction of sp³-hybridized carbons (Fsp3) is 0.231. The van der Waals surface area contributed by atoms with Crippen LogP contribution < -0.4 is 5.32 Å². The van der Waals surface area contributed by atoms with Gasteiger partial charge in [-0.25, -0.2) is 14.5 Å². The number of hydrogen-bond donors (Lipinski definition) is 1. The van der Waals surface area contributed by atoms with Crippen molar-refractivity contribution in [2.45, 2.75) is 33.7 Å². The van der Waals surface area contributed by atoms with Crippen LogP contribution in [0.3, 0.4) is 0 Å². The van der Waals surface area contributed by atoms with E-state index in [2.05, 4.69) is 10.4 Å². The smallest absolute Gasteiger partial charge is 0.339 e. The number of carbonyl (C=O) groups excluding carboxylic acids is 2. The van der Waals surface area contributed by atoms with Crippen LogP contribution in [0.15, 0.2) is 60.8 Å². The number of benzene rings is 2. The molecule has 2 aromatic carbocycles. The van der Waals surface area contributed by atoms with E-state index < -0.39 is 18.5 Å². The molecule has 7 nitrogen and oxygen atoms in total. The Balaban J connectivity index is 1.59. The zero-order chi connectivity index (χ0) is 23.5. The normalized spacial score (nSPS) is 11.1. The second-order valence-electron chi connectivity index (χ2n) is 8.26. The van der Waals surface area contributed by atoms with Crippen molar-refractivity contribution in [1.29, 1.82) is 0 Å². The van der Waals surface area contributed by atoms with Crippen LogP contribution >= 0.6 is 0 Å². The predicted molar refractivity (Wildman–Crippen MR) is 128 cm³/mol. The van der Waals surface area contributed by atoms with E-state index in [0.717, 1.165) is 16.7 Å². The van der Waals surface area contributed by atoms with E-state index in [4.69, 9.17) is 9.72 Å². The number of carbonyl (C=O) groups is 2. The standard InChI is InChI=1S/C26H26N4O3/c1-16(2)30-25-22(14-27-30)21(13-23(29-25)19-8-6-5-7-9-19)26(32)33-15-24(31)28-20-11-10-17(3)18(4)12-20/h5-14,16H,15H2,1-4H3,(H,28,31). The highest BCUT2D eigenvalue weighted by molar-refractivity contribution is 6.04. The van der Waals surface area contributed by atoms with Crippen molar-refractivity contribution < 1.29 is 14.3 Å². The molecular weight excluding hydrogens is 416 g/mol. The van der Waals surface area contributed by atoms with Gasteiger partial charge in [0.15, 0.2) is 12.3 Å². The topological polar surface area (TPSA) is 86.1 Å². The Morgan fingerprint density at radius 3 is 2.48 bits per heavy atom. The quantitative estimate of drug-likeness (QED) is 0.420. The molecule has 1 N–H and O–H groups in total. The number of aryl methyl sites for hydroxylation is 2. The monoisotopic (exact) mass is 442 g/mol. The Morgan fingerprint density at radius 2 is 1.79 bits per heavy atom. The average molecular weight is 443 g/mol. The molecule has 0 saturated heterocycles. The fourth-order valence-corrected chi connectivity index (χ4v) is 3.55. The number of amides is 1. The summed E-state index contributed by atoms with van der Waals surface area (Å²) in [5.74, 6) is -1.00. The van der Waals surface area contributed by atoms with Crippen LogP contribution in [0.5, 0.6) is 0 Å². The van der Waals surface area contributed by atoms with Gasteiger partial charge in [0.05, 0.1) is 22.8 Å². The van der Waals surface area contributed by atoms with Crippen LogP contribution in [0.4, 0.5) is 5.69 Å². The van der Waals surface area contributed by atoms with Gasteiger partial charge >= 0.3 is 5.97 Å². The molecule has 0 spiro atoms. The van der Waals surface area contributed by atoms with Crippen LogP contribution in [0.25, 0.3) is 22.3 Å². The minimum atomic E-state index is -0.599. The molecule has 2 heterocycles. The van der Waals surface area contributed by atoms with E-state index in [9.17, 15) is 9.59 Å². The van der Waals surface area contributed by atoms with Gasteiger partial charge in [-0.15, -0.1) is 0 Å². The molecule has 33 heavy (non-hydrogen) atoms. The summed E-state index contributed by atoms with van der Waals surface area (Å²) in [6.45, 7) is 7.58. The molecule has 7 heteroatoms. The van der Waals surface area contributed by atoms with Crippen LogP contribution in [-0.4, -0.2) is 33.2 Å². The van der Waals surface area contributed by atoms with Crippen LogP contribution in [0.2, 0.25) is 0 Å². The first-order valence-electron chi connectivity index (χ1n) is 10.8. The minimum Gasteiger partial charge on any atom is -0.452 e. The largest absolute Gasteiger partial charge is 0.452 e. The number of nitrogens with one attached hydrogen (secondary N) is 1. The average Bonchev–Trinajstić information content (AvgIpc) is 3.24. The van der Waals surface area contributed by atoms with Gasteiger partial charge in [-0.2, -0.15) is 5.10 Å². The number of hydrogen-bond acceptors (Lipinski definition) is 5. The fourth-order valence-electron chi connectivity index (χ4n) is 3.55. The molecule has 0 fully saturated rings. The van der Waals surface area contributed by atoms with E-state index in [1.807, 2.05) is 76.2 Å². The maximum absolute atomic E-state index is 13.0. The highest BCUT2D eigenvalue weighted by atomic mass is 16.5. The number of ether oxygens (including phenoxy) is 1. The van der Waals surface area contributed by atoms with Gasteiger partial charge in [-0.05, 0) is 57.0 Å². The molecule has 0 atom stereocenters. The number of anilines is 1. The number of aromatic nitrogens is 3. The van der Waals surface area contributed by atoms with E-state index in [-0.39, 0.29) is 6.04 Å². The minimum absolute atomic E-state index is 0.0636. The van der Waals surface area contributed by atoms with Crippen molar-refractivity contribution in [2.24, 2.45) is 0 Å². The molecule has 4 aromatic rings. The van der Waals surface area contributed by atoms with Gasteiger partial charge in [0, 0.05) is 17.3 Å². The molecule has 168 valence electrons. The first-order chi connectivity index (χ1) is 15.8. The lowest BCUT2D eigenvalue weighted by Crippen LogP contribution is -2.21. The maximum atomic E-state index is 13.0. The van der Waals surface area contributed by atoms with E-state index in [1.54, 1.807) is 16.9 Å². The molecule has 0 aliphatic heterocycles. The van der Waals surface area contributed by atoms with Crippen molar-refractivity contribution in [3.05, 3.63) is 77.5 Å². The zero-order valence-corrected chi connectivity index (χ0v) is 19.1. The lowest BCUT2D eigenvalue weighted by atomic mass is 10.1. The summed E-state index contributed by atoms with van der Waals surface area (Å²) in [6, 6.07) is 17.0. The van der Waals surface area contributed by atoms with E-state index in [0.29, 0.717) is 28.0 Å².